The van der Waals surface area contributed by atoms with Crippen LogP contribution in [0.4, 0.5) is 0 Å². The lowest BCUT2D eigenvalue weighted by Crippen LogP contribution is -2.35. The van der Waals surface area contributed by atoms with Crippen molar-refractivity contribution in [3.05, 3.63) is 23.3 Å². The van der Waals surface area contributed by atoms with Crippen LogP contribution in [0.2, 0.25) is 0 Å². The zero-order valence-corrected chi connectivity index (χ0v) is 11.6. The van der Waals surface area contributed by atoms with E-state index < -0.39 is 0 Å². The lowest BCUT2D eigenvalue weighted by molar-refractivity contribution is 0.383. The van der Waals surface area contributed by atoms with E-state index in [0.717, 1.165) is 24.5 Å². The van der Waals surface area contributed by atoms with E-state index >= 15 is 0 Å². The molecule has 0 spiro atoms. The summed E-state index contributed by atoms with van der Waals surface area (Å²) >= 11 is 0. The van der Waals surface area contributed by atoms with Crippen LogP contribution in [-0.4, -0.2) is 26.8 Å². The van der Waals surface area contributed by atoms with E-state index in [1.165, 1.54) is 30.4 Å². The summed E-state index contributed by atoms with van der Waals surface area (Å²) in [4.78, 5) is 0. The van der Waals surface area contributed by atoms with Gasteiger partial charge in [-0.1, -0.05) is 6.42 Å². The molecule has 1 N–H and O–H groups in total. The molecule has 0 bridgehead atoms. The van der Waals surface area contributed by atoms with E-state index in [1.54, 1.807) is 14.2 Å². The molecule has 1 aromatic carbocycles. The van der Waals surface area contributed by atoms with E-state index in [4.69, 9.17) is 9.47 Å². The topological polar surface area (TPSA) is 30.5 Å². The molecule has 3 nitrogen and oxygen atoms in total. The standard InChI is InChI=1S/C15H23NO2/c1-11-12(8-13-6-4-5-7-16-13)9-14(17-2)10-15(11)18-3/h9-10,13,16H,4-8H2,1-3H3. The molecule has 1 aromatic rings. The summed E-state index contributed by atoms with van der Waals surface area (Å²) in [7, 11) is 3.41. The SMILES string of the molecule is COc1cc(CC2CCCCN2)c(C)c(OC)c1. The van der Waals surface area contributed by atoms with E-state index in [9.17, 15) is 0 Å². The van der Waals surface area contributed by atoms with Crippen LogP contribution in [0, 0.1) is 6.92 Å². The lowest BCUT2D eigenvalue weighted by atomic mass is 9.95. The van der Waals surface area contributed by atoms with E-state index in [1.807, 2.05) is 6.07 Å². The lowest BCUT2D eigenvalue weighted by Gasteiger charge is -2.24. The molecule has 1 fully saturated rings. The second-order valence-corrected chi connectivity index (χ2v) is 4.96. The largest absolute Gasteiger partial charge is 0.497 e. The van der Waals surface area contributed by atoms with Gasteiger partial charge in [0, 0.05) is 12.1 Å². The van der Waals surface area contributed by atoms with Gasteiger partial charge in [-0.15, -0.1) is 0 Å². The Bertz CT molecular complexity index is 398. The van der Waals surface area contributed by atoms with Gasteiger partial charge < -0.3 is 14.8 Å². The van der Waals surface area contributed by atoms with Crippen LogP contribution in [0.25, 0.3) is 0 Å². The van der Waals surface area contributed by atoms with Crippen molar-refractivity contribution in [1.82, 2.24) is 5.32 Å². The average Bonchev–Trinajstić information content (AvgIpc) is 2.42. The Balaban J connectivity index is 2.19. The minimum Gasteiger partial charge on any atom is -0.497 e. The molecule has 0 aliphatic carbocycles. The first-order valence-corrected chi connectivity index (χ1v) is 6.69. The minimum absolute atomic E-state index is 0.592. The Kier molecular flexibility index (Phi) is 4.48. The number of benzene rings is 1. The summed E-state index contributed by atoms with van der Waals surface area (Å²) in [6.07, 6.45) is 4.95. The molecule has 1 unspecified atom stereocenters. The van der Waals surface area contributed by atoms with Crippen molar-refractivity contribution < 1.29 is 9.47 Å². The van der Waals surface area contributed by atoms with E-state index in [-0.39, 0.29) is 0 Å². The molecule has 1 saturated heterocycles. The molecule has 3 heteroatoms. The Morgan fingerprint density at radius 3 is 2.67 bits per heavy atom. The fourth-order valence-electron chi connectivity index (χ4n) is 2.62. The molecule has 1 heterocycles. The fourth-order valence-corrected chi connectivity index (χ4v) is 2.62. The van der Waals surface area contributed by atoms with Crippen LogP contribution >= 0.6 is 0 Å². The van der Waals surface area contributed by atoms with Gasteiger partial charge in [-0.05, 0) is 49.9 Å². The third-order valence-corrected chi connectivity index (χ3v) is 3.78. The highest BCUT2D eigenvalue weighted by Gasteiger charge is 2.16. The Hall–Kier alpha value is -1.22. The quantitative estimate of drug-likeness (QED) is 0.890. The molecule has 100 valence electrons. The Labute approximate surface area is 109 Å². The van der Waals surface area contributed by atoms with Crippen molar-refractivity contribution in [2.75, 3.05) is 20.8 Å². The van der Waals surface area contributed by atoms with E-state index in [2.05, 4.69) is 18.3 Å². The molecule has 0 radical (unpaired) electrons. The molecule has 1 aliphatic heterocycles. The third kappa shape index (κ3) is 2.96. The van der Waals surface area contributed by atoms with Gasteiger partial charge in [0.05, 0.1) is 14.2 Å². The second kappa shape index (κ2) is 6.10. The van der Waals surface area contributed by atoms with Crippen LogP contribution in [-0.2, 0) is 6.42 Å². The first-order chi connectivity index (χ1) is 8.74. The highest BCUT2D eigenvalue weighted by Crippen LogP contribution is 2.29. The first kappa shape index (κ1) is 13.2. The van der Waals surface area contributed by atoms with Gasteiger partial charge in [0.1, 0.15) is 11.5 Å². The van der Waals surface area contributed by atoms with Crippen LogP contribution < -0.4 is 14.8 Å². The van der Waals surface area contributed by atoms with Crippen LogP contribution in [0.1, 0.15) is 30.4 Å². The van der Waals surface area contributed by atoms with Gasteiger partial charge in [-0.2, -0.15) is 0 Å². The van der Waals surface area contributed by atoms with Crippen molar-refractivity contribution in [3.8, 4) is 11.5 Å². The summed E-state index contributed by atoms with van der Waals surface area (Å²) in [6, 6.07) is 4.68. The molecular weight excluding hydrogens is 226 g/mol. The maximum Gasteiger partial charge on any atom is 0.125 e. The van der Waals surface area contributed by atoms with Crippen molar-refractivity contribution in [2.24, 2.45) is 0 Å². The fraction of sp³-hybridized carbons (Fsp3) is 0.600. The maximum absolute atomic E-state index is 5.42. The van der Waals surface area contributed by atoms with Crippen LogP contribution in [0.15, 0.2) is 12.1 Å². The molecule has 18 heavy (non-hydrogen) atoms. The number of rotatable bonds is 4. The Morgan fingerprint density at radius 1 is 1.22 bits per heavy atom. The molecular formula is C15H23NO2. The third-order valence-electron chi connectivity index (χ3n) is 3.78. The van der Waals surface area contributed by atoms with Gasteiger partial charge in [-0.3, -0.25) is 0 Å². The highest BCUT2D eigenvalue weighted by atomic mass is 16.5. The van der Waals surface area contributed by atoms with Gasteiger partial charge >= 0.3 is 0 Å². The van der Waals surface area contributed by atoms with Crippen molar-refractivity contribution in [3.63, 3.8) is 0 Å². The predicted octanol–water partition coefficient (Wildman–Crippen LogP) is 2.70. The van der Waals surface area contributed by atoms with Gasteiger partial charge in [0.25, 0.3) is 0 Å². The summed E-state index contributed by atoms with van der Waals surface area (Å²) in [5.41, 5.74) is 2.55. The van der Waals surface area contributed by atoms with Crippen LogP contribution in [0.3, 0.4) is 0 Å². The zero-order chi connectivity index (χ0) is 13.0. The molecule has 0 aromatic heterocycles. The maximum atomic E-state index is 5.42. The number of piperidine rings is 1. The molecule has 0 saturated carbocycles. The predicted molar refractivity (Wildman–Crippen MR) is 73.6 cm³/mol. The Morgan fingerprint density at radius 2 is 2.06 bits per heavy atom. The molecule has 1 atom stereocenters. The zero-order valence-electron chi connectivity index (χ0n) is 11.6. The summed E-state index contributed by atoms with van der Waals surface area (Å²) in [5, 5.41) is 3.59. The van der Waals surface area contributed by atoms with Gasteiger partial charge in [-0.25, -0.2) is 0 Å². The summed E-state index contributed by atoms with van der Waals surface area (Å²) in [5.74, 6) is 1.79. The first-order valence-electron chi connectivity index (χ1n) is 6.69. The van der Waals surface area contributed by atoms with Crippen LogP contribution in [0.5, 0.6) is 11.5 Å². The van der Waals surface area contributed by atoms with Crippen molar-refractivity contribution >= 4 is 0 Å². The molecule has 0 amide bonds. The number of hydrogen-bond acceptors (Lipinski definition) is 3. The monoisotopic (exact) mass is 249 g/mol. The van der Waals surface area contributed by atoms with Crippen molar-refractivity contribution in [1.29, 1.82) is 0 Å². The number of methoxy groups -OCH3 is 2. The molecule has 1 aliphatic rings. The number of ether oxygens (including phenoxy) is 2. The van der Waals surface area contributed by atoms with Gasteiger partial charge in [0.2, 0.25) is 0 Å². The van der Waals surface area contributed by atoms with Gasteiger partial charge in [0.15, 0.2) is 0 Å². The number of nitrogens with one attached hydrogen (secondary N) is 1. The smallest absolute Gasteiger partial charge is 0.125 e. The van der Waals surface area contributed by atoms with E-state index in [0.29, 0.717) is 6.04 Å². The molecule has 2 rings (SSSR count). The second-order valence-electron chi connectivity index (χ2n) is 4.96. The normalized spacial score (nSPS) is 19.6. The minimum atomic E-state index is 0.592. The summed E-state index contributed by atoms with van der Waals surface area (Å²) in [6.45, 7) is 3.27. The number of hydrogen-bond donors (Lipinski definition) is 1. The summed E-state index contributed by atoms with van der Waals surface area (Å²) < 4.78 is 10.8. The van der Waals surface area contributed by atoms with Crippen molar-refractivity contribution in [2.45, 2.75) is 38.6 Å². The highest BCUT2D eigenvalue weighted by molar-refractivity contribution is 5.46. The average molecular weight is 249 g/mol.